The van der Waals surface area contributed by atoms with Gasteiger partial charge in [-0.3, -0.25) is 4.79 Å². The molecule has 1 aliphatic rings. The van der Waals surface area contributed by atoms with E-state index >= 15 is 0 Å². The van der Waals surface area contributed by atoms with Crippen molar-refractivity contribution in [3.8, 4) is 0 Å². The van der Waals surface area contributed by atoms with Crippen LogP contribution in [0.3, 0.4) is 0 Å². The number of aromatic carboxylic acids is 1. The first-order chi connectivity index (χ1) is 11.1. The molecule has 126 valence electrons. The number of carbonyl (C=O) groups excluding carboxylic acids is 1. The molecule has 0 bridgehead atoms. The molecular weight excluding hydrogens is 294 g/mol. The summed E-state index contributed by atoms with van der Waals surface area (Å²) in [5.74, 6) is -1.27. The van der Waals surface area contributed by atoms with E-state index < -0.39 is 5.97 Å². The molecule has 1 aromatic rings. The summed E-state index contributed by atoms with van der Waals surface area (Å²) in [5.41, 5.74) is 1.28. The second-order valence-corrected chi connectivity index (χ2v) is 6.13. The SMILES string of the molecule is Cc1cc(C(=O)O)cc(C(=O)NCCCOC2CCCCC2)c1. The van der Waals surface area contributed by atoms with Gasteiger partial charge in [0.15, 0.2) is 0 Å². The number of nitrogens with one attached hydrogen (secondary N) is 1. The van der Waals surface area contributed by atoms with Gasteiger partial charge >= 0.3 is 5.97 Å². The van der Waals surface area contributed by atoms with Crippen LogP contribution in [-0.4, -0.2) is 36.2 Å². The van der Waals surface area contributed by atoms with Gasteiger partial charge in [-0.05, 0) is 49.9 Å². The molecule has 0 saturated heterocycles. The zero-order chi connectivity index (χ0) is 16.7. The molecule has 2 rings (SSSR count). The van der Waals surface area contributed by atoms with Crippen molar-refractivity contribution >= 4 is 11.9 Å². The Balaban J connectivity index is 1.73. The van der Waals surface area contributed by atoms with Crippen LogP contribution in [-0.2, 0) is 4.74 Å². The van der Waals surface area contributed by atoms with Crippen molar-refractivity contribution in [1.29, 1.82) is 0 Å². The highest BCUT2D eigenvalue weighted by molar-refractivity contribution is 5.97. The topological polar surface area (TPSA) is 75.6 Å². The highest BCUT2D eigenvalue weighted by Gasteiger charge is 2.13. The molecule has 1 amide bonds. The number of carboxylic acid groups (broad SMARTS) is 1. The molecule has 0 heterocycles. The zero-order valence-electron chi connectivity index (χ0n) is 13.6. The molecule has 0 aromatic heterocycles. The van der Waals surface area contributed by atoms with Gasteiger partial charge < -0.3 is 15.2 Å². The molecule has 2 N–H and O–H groups in total. The minimum atomic E-state index is -1.02. The average Bonchev–Trinajstić information content (AvgIpc) is 2.54. The summed E-state index contributed by atoms with van der Waals surface area (Å²) in [5, 5.41) is 11.9. The van der Waals surface area contributed by atoms with E-state index in [0.717, 1.165) is 24.8 Å². The Morgan fingerprint density at radius 3 is 2.57 bits per heavy atom. The van der Waals surface area contributed by atoms with Crippen molar-refractivity contribution in [3.05, 3.63) is 34.9 Å². The van der Waals surface area contributed by atoms with Gasteiger partial charge in [0, 0.05) is 18.7 Å². The normalized spacial score (nSPS) is 15.3. The van der Waals surface area contributed by atoms with Crippen LogP contribution in [0.4, 0.5) is 0 Å². The van der Waals surface area contributed by atoms with Gasteiger partial charge in [-0.1, -0.05) is 19.3 Å². The van der Waals surface area contributed by atoms with Crippen molar-refractivity contribution < 1.29 is 19.4 Å². The number of benzene rings is 1. The van der Waals surface area contributed by atoms with Crippen molar-refractivity contribution in [2.75, 3.05) is 13.2 Å². The molecule has 0 unspecified atom stereocenters. The molecule has 0 spiro atoms. The average molecular weight is 319 g/mol. The highest BCUT2D eigenvalue weighted by atomic mass is 16.5. The number of carbonyl (C=O) groups is 2. The minimum Gasteiger partial charge on any atom is -0.478 e. The molecule has 1 fully saturated rings. The van der Waals surface area contributed by atoms with Crippen LogP contribution in [0.15, 0.2) is 18.2 Å². The van der Waals surface area contributed by atoms with Crippen molar-refractivity contribution in [1.82, 2.24) is 5.32 Å². The lowest BCUT2D eigenvalue weighted by atomic mass is 9.98. The summed E-state index contributed by atoms with van der Waals surface area (Å²) < 4.78 is 5.81. The van der Waals surface area contributed by atoms with E-state index in [1.807, 2.05) is 0 Å². The standard InChI is InChI=1S/C18H25NO4/c1-13-10-14(12-15(11-13)18(21)22)17(20)19-8-5-9-23-16-6-3-2-4-7-16/h10-12,16H,2-9H2,1H3,(H,19,20)(H,21,22). The van der Waals surface area contributed by atoms with Crippen LogP contribution < -0.4 is 5.32 Å². The molecule has 0 atom stereocenters. The third-order valence-electron chi connectivity index (χ3n) is 4.10. The third-order valence-corrected chi connectivity index (χ3v) is 4.10. The van der Waals surface area contributed by atoms with Crippen LogP contribution >= 0.6 is 0 Å². The smallest absolute Gasteiger partial charge is 0.335 e. The molecule has 1 aromatic carbocycles. The van der Waals surface area contributed by atoms with Crippen molar-refractivity contribution in [2.24, 2.45) is 0 Å². The number of ether oxygens (including phenoxy) is 1. The van der Waals surface area contributed by atoms with E-state index in [4.69, 9.17) is 9.84 Å². The van der Waals surface area contributed by atoms with E-state index in [2.05, 4.69) is 5.32 Å². The van der Waals surface area contributed by atoms with E-state index in [1.54, 1.807) is 19.1 Å². The van der Waals surface area contributed by atoms with Crippen LogP contribution in [0.25, 0.3) is 0 Å². The van der Waals surface area contributed by atoms with Crippen molar-refractivity contribution in [3.63, 3.8) is 0 Å². The van der Waals surface area contributed by atoms with Gasteiger partial charge in [0.05, 0.1) is 11.7 Å². The molecule has 5 nitrogen and oxygen atoms in total. The van der Waals surface area contributed by atoms with Crippen molar-refractivity contribution in [2.45, 2.75) is 51.6 Å². The Labute approximate surface area is 137 Å². The molecule has 1 aliphatic carbocycles. The second-order valence-electron chi connectivity index (χ2n) is 6.13. The van der Waals surface area contributed by atoms with Gasteiger partial charge in [0.1, 0.15) is 0 Å². The fourth-order valence-corrected chi connectivity index (χ4v) is 2.90. The van der Waals surface area contributed by atoms with Gasteiger partial charge in [-0.2, -0.15) is 0 Å². The Morgan fingerprint density at radius 2 is 1.87 bits per heavy atom. The van der Waals surface area contributed by atoms with E-state index in [0.29, 0.717) is 24.8 Å². The molecule has 5 heteroatoms. The van der Waals surface area contributed by atoms with Crippen LogP contribution in [0.2, 0.25) is 0 Å². The lowest BCUT2D eigenvalue weighted by molar-refractivity contribution is 0.0273. The summed E-state index contributed by atoms with van der Waals surface area (Å²) in [4.78, 5) is 23.1. The Kier molecular flexibility index (Phi) is 6.59. The summed E-state index contributed by atoms with van der Waals surface area (Å²) >= 11 is 0. The first-order valence-corrected chi connectivity index (χ1v) is 8.31. The number of hydrogen-bond acceptors (Lipinski definition) is 3. The van der Waals surface area contributed by atoms with Crippen LogP contribution in [0.1, 0.15) is 64.8 Å². The third kappa shape index (κ3) is 5.67. The Hall–Kier alpha value is -1.88. The first kappa shape index (κ1) is 17.5. The van der Waals surface area contributed by atoms with Gasteiger partial charge in [0.2, 0.25) is 0 Å². The molecule has 0 aliphatic heterocycles. The van der Waals surface area contributed by atoms with E-state index in [-0.39, 0.29) is 11.5 Å². The Bertz CT molecular complexity index is 550. The van der Waals surface area contributed by atoms with E-state index in [1.165, 1.54) is 25.3 Å². The number of aryl methyl sites for hydroxylation is 1. The van der Waals surface area contributed by atoms with E-state index in [9.17, 15) is 9.59 Å². The molecule has 1 saturated carbocycles. The molecule has 0 radical (unpaired) electrons. The van der Waals surface area contributed by atoms with Gasteiger partial charge in [0.25, 0.3) is 5.91 Å². The Morgan fingerprint density at radius 1 is 1.17 bits per heavy atom. The predicted octanol–water partition coefficient (Wildman–Crippen LogP) is 3.16. The largest absolute Gasteiger partial charge is 0.478 e. The molecular formula is C18H25NO4. The van der Waals surface area contributed by atoms with Crippen LogP contribution in [0.5, 0.6) is 0 Å². The highest BCUT2D eigenvalue weighted by Crippen LogP contribution is 2.20. The van der Waals surface area contributed by atoms with Gasteiger partial charge in [-0.25, -0.2) is 4.79 Å². The number of rotatable bonds is 7. The number of carboxylic acids is 1. The summed E-state index contributed by atoms with van der Waals surface area (Å²) in [7, 11) is 0. The summed E-state index contributed by atoms with van der Waals surface area (Å²) in [6.07, 6.45) is 7.25. The quantitative estimate of drug-likeness (QED) is 0.757. The molecule has 23 heavy (non-hydrogen) atoms. The predicted molar refractivity (Wildman–Crippen MR) is 87.9 cm³/mol. The number of amides is 1. The monoisotopic (exact) mass is 319 g/mol. The second kappa shape index (κ2) is 8.67. The lowest BCUT2D eigenvalue weighted by Crippen LogP contribution is -2.26. The maximum atomic E-state index is 12.1. The number of hydrogen-bond donors (Lipinski definition) is 2. The minimum absolute atomic E-state index is 0.135. The fraction of sp³-hybridized carbons (Fsp3) is 0.556. The zero-order valence-corrected chi connectivity index (χ0v) is 13.6. The fourth-order valence-electron chi connectivity index (χ4n) is 2.90. The van der Waals surface area contributed by atoms with Gasteiger partial charge in [-0.15, -0.1) is 0 Å². The lowest BCUT2D eigenvalue weighted by Gasteiger charge is -2.21. The van der Waals surface area contributed by atoms with Crippen LogP contribution in [0, 0.1) is 6.92 Å². The first-order valence-electron chi connectivity index (χ1n) is 8.31. The maximum Gasteiger partial charge on any atom is 0.335 e. The summed E-state index contributed by atoms with van der Waals surface area (Å²) in [6.45, 7) is 2.96. The summed E-state index contributed by atoms with van der Waals surface area (Å²) in [6, 6.07) is 4.65. The maximum absolute atomic E-state index is 12.1.